The van der Waals surface area contributed by atoms with Crippen molar-refractivity contribution in [2.24, 2.45) is 0 Å². The minimum atomic E-state index is -0.0903. The number of aromatic nitrogens is 2. The number of carbonyl (C=O) groups is 1. The van der Waals surface area contributed by atoms with Crippen LogP contribution in [0.25, 0.3) is 0 Å². The molecule has 116 valence electrons. The van der Waals surface area contributed by atoms with Crippen molar-refractivity contribution < 1.29 is 9.90 Å². The van der Waals surface area contributed by atoms with Crippen LogP contribution in [-0.4, -0.2) is 21.2 Å². The molecular formula is C16H19N3O2S. The van der Waals surface area contributed by atoms with Gasteiger partial charge in [-0.1, -0.05) is 36.0 Å². The third-order valence-corrected chi connectivity index (χ3v) is 5.08. The molecule has 0 aliphatic heterocycles. The zero-order valence-electron chi connectivity index (χ0n) is 12.5. The lowest BCUT2D eigenvalue weighted by Gasteiger charge is -2.21. The average Bonchev–Trinajstić information content (AvgIpc) is 2.84. The summed E-state index contributed by atoms with van der Waals surface area (Å²) >= 11 is 1.48. The summed E-state index contributed by atoms with van der Waals surface area (Å²) in [5.74, 6) is 0.448. The molecule has 2 aromatic rings. The number of anilines is 1. The molecule has 0 bridgehead atoms. The van der Waals surface area contributed by atoms with Gasteiger partial charge in [0.25, 0.3) is 0 Å². The monoisotopic (exact) mass is 317 g/mol. The van der Waals surface area contributed by atoms with Crippen molar-refractivity contribution in [1.82, 2.24) is 10.2 Å². The van der Waals surface area contributed by atoms with Gasteiger partial charge in [0.05, 0.1) is 13.0 Å². The Morgan fingerprint density at radius 3 is 2.86 bits per heavy atom. The minimum Gasteiger partial charge on any atom is -0.392 e. The second-order valence-electron chi connectivity index (χ2n) is 5.72. The predicted molar refractivity (Wildman–Crippen MR) is 85.9 cm³/mol. The zero-order chi connectivity index (χ0) is 15.5. The van der Waals surface area contributed by atoms with Gasteiger partial charge in [-0.15, -0.1) is 10.2 Å². The SMILES string of the molecule is Cc1cc(CC(=O)Nc2nnc(C3CCC3)s2)ccc1CO. The van der Waals surface area contributed by atoms with Crippen molar-refractivity contribution in [3.05, 3.63) is 39.9 Å². The number of nitrogens with zero attached hydrogens (tertiary/aromatic N) is 2. The standard InChI is InChI=1S/C16H19N3O2S/c1-10-7-11(5-6-13(10)9-20)8-14(21)17-16-19-18-15(22-16)12-3-2-4-12/h5-7,12,20H,2-4,8-9H2,1H3,(H,17,19,21). The molecule has 1 fully saturated rings. The summed E-state index contributed by atoms with van der Waals surface area (Å²) in [4.78, 5) is 12.1. The predicted octanol–water partition coefficient (Wildman–Crippen LogP) is 2.79. The third-order valence-electron chi connectivity index (χ3n) is 4.08. The highest BCUT2D eigenvalue weighted by Gasteiger charge is 2.23. The minimum absolute atomic E-state index is 0.0209. The van der Waals surface area contributed by atoms with Gasteiger partial charge in [0.1, 0.15) is 5.01 Å². The van der Waals surface area contributed by atoms with E-state index in [2.05, 4.69) is 15.5 Å². The van der Waals surface area contributed by atoms with Crippen LogP contribution in [0.1, 0.15) is 46.9 Å². The highest BCUT2D eigenvalue weighted by molar-refractivity contribution is 7.15. The molecule has 0 saturated heterocycles. The molecule has 1 aromatic heterocycles. The highest BCUT2D eigenvalue weighted by atomic mass is 32.1. The largest absolute Gasteiger partial charge is 0.392 e. The number of amides is 1. The Morgan fingerprint density at radius 1 is 1.41 bits per heavy atom. The van der Waals surface area contributed by atoms with E-state index in [1.54, 1.807) is 0 Å². The van der Waals surface area contributed by atoms with E-state index in [4.69, 9.17) is 5.11 Å². The topological polar surface area (TPSA) is 75.1 Å². The molecule has 0 atom stereocenters. The summed E-state index contributed by atoms with van der Waals surface area (Å²) < 4.78 is 0. The molecule has 0 unspecified atom stereocenters. The number of aliphatic hydroxyl groups is 1. The van der Waals surface area contributed by atoms with Gasteiger partial charge >= 0.3 is 0 Å². The summed E-state index contributed by atoms with van der Waals surface area (Å²) in [5, 5.41) is 21.8. The molecular weight excluding hydrogens is 298 g/mol. The average molecular weight is 317 g/mol. The van der Waals surface area contributed by atoms with E-state index < -0.39 is 0 Å². The van der Waals surface area contributed by atoms with Crippen molar-refractivity contribution in [2.45, 2.75) is 45.1 Å². The van der Waals surface area contributed by atoms with Crippen LogP contribution in [0.3, 0.4) is 0 Å². The maximum atomic E-state index is 12.1. The first-order valence-electron chi connectivity index (χ1n) is 7.48. The lowest BCUT2D eigenvalue weighted by Crippen LogP contribution is -2.14. The fraction of sp³-hybridized carbons (Fsp3) is 0.438. The smallest absolute Gasteiger partial charge is 0.230 e. The molecule has 22 heavy (non-hydrogen) atoms. The number of benzene rings is 1. The fourth-order valence-corrected chi connectivity index (χ4v) is 3.43. The zero-order valence-corrected chi connectivity index (χ0v) is 13.3. The van der Waals surface area contributed by atoms with Crippen LogP contribution in [-0.2, 0) is 17.8 Å². The van der Waals surface area contributed by atoms with Gasteiger partial charge in [0, 0.05) is 5.92 Å². The molecule has 5 nitrogen and oxygen atoms in total. The van der Waals surface area contributed by atoms with Gasteiger partial charge in [0.2, 0.25) is 11.0 Å². The van der Waals surface area contributed by atoms with Crippen molar-refractivity contribution >= 4 is 22.4 Å². The molecule has 2 N–H and O–H groups in total. The van der Waals surface area contributed by atoms with Crippen LogP contribution in [0.2, 0.25) is 0 Å². The number of aliphatic hydroxyl groups excluding tert-OH is 1. The van der Waals surface area contributed by atoms with E-state index in [1.807, 2.05) is 25.1 Å². The summed E-state index contributed by atoms with van der Waals surface area (Å²) in [6, 6.07) is 5.67. The quantitative estimate of drug-likeness (QED) is 0.889. The van der Waals surface area contributed by atoms with Crippen LogP contribution >= 0.6 is 11.3 Å². The van der Waals surface area contributed by atoms with Gasteiger partial charge in [-0.05, 0) is 36.5 Å². The van der Waals surface area contributed by atoms with E-state index in [0.29, 0.717) is 17.5 Å². The maximum Gasteiger partial charge on any atom is 0.230 e. The molecule has 0 spiro atoms. The van der Waals surface area contributed by atoms with Gasteiger partial charge < -0.3 is 10.4 Å². The molecule has 1 aromatic carbocycles. The highest BCUT2D eigenvalue weighted by Crippen LogP contribution is 2.38. The number of rotatable bonds is 5. The van der Waals surface area contributed by atoms with Crippen LogP contribution in [0.5, 0.6) is 0 Å². The van der Waals surface area contributed by atoms with Gasteiger partial charge in [-0.2, -0.15) is 0 Å². The van der Waals surface area contributed by atoms with Crippen molar-refractivity contribution in [3.8, 4) is 0 Å². The summed E-state index contributed by atoms with van der Waals surface area (Å²) in [6.07, 6.45) is 3.91. The molecule has 3 rings (SSSR count). The van der Waals surface area contributed by atoms with E-state index in [-0.39, 0.29) is 12.5 Å². The van der Waals surface area contributed by atoms with Crippen molar-refractivity contribution in [2.75, 3.05) is 5.32 Å². The first-order valence-corrected chi connectivity index (χ1v) is 8.30. The molecule has 0 radical (unpaired) electrons. The number of hydrogen-bond acceptors (Lipinski definition) is 5. The fourth-order valence-electron chi connectivity index (χ4n) is 2.50. The van der Waals surface area contributed by atoms with Gasteiger partial charge in [-0.25, -0.2) is 0 Å². The second-order valence-corrected chi connectivity index (χ2v) is 6.73. The van der Waals surface area contributed by atoms with E-state index in [1.165, 1.54) is 30.6 Å². The van der Waals surface area contributed by atoms with Gasteiger partial charge in [0.15, 0.2) is 0 Å². The van der Waals surface area contributed by atoms with Crippen molar-refractivity contribution in [1.29, 1.82) is 0 Å². The summed E-state index contributed by atoms with van der Waals surface area (Å²) in [5.41, 5.74) is 2.81. The van der Waals surface area contributed by atoms with E-state index in [9.17, 15) is 4.79 Å². The molecule has 1 amide bonds. The number of carbonyl (C=O) groups excluding carboxylic acids is 1. The Labute approximate surface area is 133 Å². The normalized spacial score (nSPS) is 14.6. The van der Waals surface area contributed by atoms with Gasteiger partial charge in [-0.3, -0.25) is 4.79 Å². The first-order chi connectivity index (χ1) is 10.7. The Balaban J connectivity index is 1.59. The van der Waals surface area contributed by atoms with Crippen LogP contribution in [0.15, 0.2) is 18.2 Å². The summed E-state index contributed by atoms with van der Waals surface area (Å²) in [6.45, 7) is 1.95. The first kappa shape index (κ1) is 15.1. The molecule has 1 heterocycles. The molecule has 1 aliphatic carbocycles. The van der Waals surface area contributed by atoms with E-state index >= 15 is 0 Å². The molecule has 6 heteroatoms. The van der Waals surface area contributed by atoms with Crippen LogP contribution in [0, 0.1) is 6.92 Å². The summed E-state index contributed by atoms with van der Waals surface area (Å²) in [7, 11) is 0. The lowest BCUT2D eigenvalue weighted by atomic mass is 9.86. The van der Waals surface area contributed by atoms with E-state index in [0.717, 1.165) is 21.7 Å². The lowest BCUT2D eigenvalue weighted by molar-refractivity contribution is -0.115. The van der Waals surface area contributed by atoms with Crippen LogP contribution in [0.4, 0.5) is 5.13 Å². The Kier molecular flexibility index (Phi) is 4.49. The Hall–Kier alpha value is -1.79. The Morgan fingerprint density at radius 2 is 2.23 bits per heavy atom. The van der Waals surface area contributed by atoms with Crippen LogP contribution < -0.4 is 5.32 Å². The second kappa shape index (κ2) is 6.54. The maximum absolute atomic E-state index is 12.1. The number of hydrogen-bond donors (Lipinski definition) is 2. The number of aryl methyl sites for hydroxylation is 1. The van der Waals surface area contributed by atoms with Crippen molar-refractivity contribution in [3.63, 3.8) is 0 Å². The molecule has 1 aliphatic rings. The number of nitrogens with one attached hydrogen (secondary N) is 1. The third kappa shape index (κ3) is 3.34. The Bertz CT molecular complexity index is 680. The molecule has 1 saturated carbocycles.